The van der Waals surface area contributed by atoms with Crippen molar-refractivity contribution >= 4 is 15.9 Å². The number of halogens is 1. The maximum absolute atomic E-state index is 9.14. The molecule has 78 valence electrons. The molecule has 0 aliphatic rings. The van der Waals surface area contributed by atoms with Crippen LogP contribution in [0.15, 0.2) is 22.7 Å². The van der Waals surface area contributed by atoms with E-state index >= 15 is 0 Å². The van der Waals surface area contributed by atoms with Crippen LogP contribution < -0.4 is 5.73 Å². The Balaban J connectivity index is 3.23. The Morgan fingerprint density at radius 2 is 2.07 bits per heavy atom. The molecule has 1 rings (SSSR count). The molecule has 4 heteroatoms. The Labute approximate surface area is 91.7 Å². The first-order valence-electron chi connectivity index (χ1n) is 4.31. The molecule has 1 aromatic carbocycles. The molecule has 0 saturated heterocycles. The molecule has 4 N–H and O–H groups in total. The van der Waals surface area contributed by atoms with Gasteiger partial charge in [-0.15, -0.1) is 0 Å². The van der Waals surface area contributed by atoms with Crippen LogP contribution in [0.25, 0.3) is 0 Å². The zero-order valence-corrected chi connectivity index (χ0v) is 9.58. The van der Waals surface area contributed by atoms with Crippen molar-refractivity contribution in [2.45, 2.75) is 19.1 Å². The van der Waals surface area contributed by atoms with E-state index in [0.717, 1.165) is 15.6 Å². The molecule has 0 fully saturated rings. The van der Waals surface area contributed by atoms with E-state index in [0.29, 0.717) is 0 Å². The Morgan fingerprint density at radius 3 is 2.57 bits per heavy atom. The highest BCUT2D eigenvalue weighted by Gasteiger charge is 2.23. The molecular formula is C10H14BrNO2. The molecule has 0 amide bonds. The first-order chi connectivity index (χ1) is 6.51. The van der Waals surface area contributed by atoms with Gasteiger partial charge in [-0.2, -0.15) is 0 Å². The van der Waals surface area contributed by atoms with Crippen LogP contribution in [0.4, 0.5) is 0 Å². The molecule has 3 nitrogen and oxygen atoms in total. The summed E-state index contributed by atoms with van der Waals surface area (Å²) >= 11 is 3.33. The van der Waals surface area contributed by atoms with Crippen LogP contribution in [0.5, 0.6) is 0 Å². The summed E-state index contributed by atoms with van der Waals surface area (Å²) in [7, 11) is 0. The third-order valence-electron chi connectivity index (χ3n) is 2.19. The van der Waals surface area contributed by atoms with Crippen LogP contribution in [-0.4, -0.2) is 16.8 Å². The van der Waals surface area contributed by atoms with E-state index < -0.39 is 5.54 Å². The first kappa shape index (κ1) is 11.7. The highest BCUT2D eigenvalue weighted by molar-refractivity contribution is 9.10. The second-order valence-corrected chi connectivity index (χ2v) is 4.45. The maximum atomic E-state index is 9.14. The van der Waals surface area contributed by atoms with E-state index in [2.05, 4.69) is 15.9 Å². The number of nitrogens with two attached hydrogens (primary N) is 1. The number of benzene rings is 1. The van der Waals surface area contributed by atoms with Gasteiger partial charge in [0.2, 0.25) is 0 Å². The van der Waals surface area contributed by atoms with E-state index in [9.17, 15) is 0 Å². The van der Waals surface area contributed by atoms with Crippen molar-refractivity contribution in [3.05, 3.63) is 33.8 Å². The van der Waals surface area contributed by atoms with Gasteiger partial charge in [0.25, 0.3) is 0 Å². The summed E-state index contributed by atoms with van der Waals surface area (Å²) < 4.78 is 0.884. The minimum atomic E-state index is -0.818. The summed E-state index contributed by atoms with van der Waals surface area (Å²) in [4.78, 5) is 0. The third-order valence-corrected chi connectivity index (χ3v) is 2.68. The van der Waals surface area contributed by atoms with Gasteiger partial charge in [0.05, 0.1) is 18.8 Å². The second kappa shape index (κ2) is 4.40. The minimum Gasteiger partial charge on any atom is -0.394 e. The predicted molar refractivity (Wildman–Crippen MR) is 58.7 cm³/mol. The molecule has 0 bridgehead atoms. The van der Waals surface area contributed by atoms with Crippen LogP contribution in [0.2, 0.25) is 0 Å². The van der Waals surface area contributed by atoms with Gasteiger partial charge in [-0.1, -0.05) is 22.0 Å². The molecule has 0 radical (unpaired) electrons. The quantitative estimate of drug-likeness (QED) is 0.762. The van der Waals surface area contributed by atoms with Gasteiger partial charge in [-0.05, 0) is 30.2 Å². The molecule has 0 unspecified atom stereocenters. The number of aliphatic hydroxyl groups is 2. The Morgan fingerprint density at radius 1 is 1.43 bits per heavy atom. The van der Waals surface area contributed by atoms with E-state index in [4.69, 9.17) is 15.9 Å². The van der Waals surface area contributed by atoms with E-state index in [1.54, 1.807) is 13.0 Å². The van der Waals surface area contributed by atoms with E-state index in [-0.39, 0.29) is 13.2 Å². The highest BCUT2D eigenvalue weighted by Crippen LogP contribution is 2.25. The lowest BCUT2D eigenvalue weighted by molar-refractivity contribution is 0.205. The van der Waals surface area contributed by atoms with Crippen LogP contribution in [0, 0.1) is 0 Å². The monoisotopic (exact) mass is 259 g/mol. The molecule has 1 atom stereocenters. The summed E-state index contributed by atoms with van der Waals surface area (Å²) in [6, 6.07) is 5.45. The van der Waals surface area contributed by atoms with Gasteiger partial charge < -0.3 is 15.9 Å². The molecular weight excluding hydrogens is 246 g/mol. The SMILES string of the molecule is C[C@](N)(CO)c1cc(Br)ccc1CO. The molecule has 0 aromatic heterocycles. The minimum absolute atomic E-state index is 0.0740. The number of hydrogen-bond acceptors (Lipinski definition) is 3. The highest BCUT2D eigenvalue weighted by atomic mass is 79.9. The molecule has 1 aromatic rings. The fourth-order valence-electron chi connectivity index (χ4n) is 1.30. The van der Waals surface area contributed by atoms with E-state index in [1.165, 1.54) is 0 Å². The van der Waals surface area contributed by atoms with E-state index in [1.807, 2.05) is 12.1 Å². The standard InChI is InChI=1S/C10H14BrNO2/c1-10(12,6-14)9-4-8(11)3-2-7(9)5-13/h2-4,13-14H,5-6,12H2,1H3/t10-/m0/s1. The molecule has 0 saturated carbocycles. The third kappa shape index (κ3) is 2.33. The van der Waals surface area contributed by atoms with Crippen LogP contribution in [0.1, 0.15) is 18.1 Å². The normalized spacial score (nSPS) is 15.2. The lowest BCUT2D eigenvalue weighted by Gasteiger charge is -2.25. The van der Waals surface area contributed by atoms with Crippen LogP contribution >= 0.6 is 15.9 Å². The topological polar surface area (TPSA) is 66.5 Å². The Bertz CT molecular complexity index is 326. The summed E-state index contributed by atoms with van der Waals surface area (Å²) in [5.41, 5.74) is 6.59. The van der Waals surface area contributed by atoms with Crippen molar-refractivity contribution < 1.29 is 10.2 Å². The zero-order chi connectivity index (χ0) is 10.8. The van der Waals surface area contributed by atoms with Crippen molar-refractivity contribution in [2.24, 2.45) is 5.73 Å². The maximum Gasteiger partial charge on any atom is 0.0685 e. The summed E-state index contributed by atoms with van der Waals surface area (Å²) in [6.07, 6.45) is 0. The number of hydrogen-bond donors (Lipinski definition) is 3. The van der Waals surface area contributed by atoms with Crippen molar-refractivity contribution in [3.8, 4) is 0 Å². The van der Waals surface area contributed by atoms with Gasteiger partial charge in [0, 0.05) is 4.47 Å². The second-order valence-electron chi connectivity index (χ2n) is 3.54. The van der Waals surface area contributed by atoms with Crippen molar-refractivity contribution in [1.29, 1.82) is 0 Å². The van der Waals surface area contributed by atoms with Gasteiger partial charge in [-0.3, -0.25) is 0 Å². The van der Waals surface area contributed by atoms with Gasteiger partial charge in [0.1, 0.15) is 0 Å². The summed E-state index contributed by atoms with van der Waals surface area (Å²) in [5.74, 6) is 0. The molecule has 0 aliphatic heterocycles. The summed E-state index contributed by atoms with van der Waals surface area (Å²) in [6.45, 7) is 1.50. The lowest BCUT2D eigenvalue weighted by Crippen LogP contribution is -2.38. The Hall–Kier alpha value is -0.420. The molecule has 0 spiro atoms. The zero-order valence-electron chi connectivity index (χ0n) is 8.00. The molecule has 0 aliphatic carbocycles. The van der Waals surface area contributed by atoms with Crippen molar-refractivity contribution in [3.63, 3.8) is 0 Å². The number of rotatable bonds is 3. The smallest absolute Gasteiger partial charge is 0.0685 e. The van der Waals surface area contributed by atoms with Crippen molar-refractivity contribution in [1.82, 2.24) is 0 Å². The first-order valence-corrected chi connectivity index (χ1v) is 5.10. The average Bonchev–Trinajstić information content (AvgIpc) is 2.18. The van der Waals surface area contributed by atoms with Crippen LogP contribution in [0.3, 0.4) is 0 Å². The van der Waals surface area contributed by atoms with Crippen LogP contribution in [-0.2, 0) is 12.1 Å². The number of aliphatic hydroxyl groups excluding tert-OH is 2. The lowest BCUT2D eigenvalue weighted by atomic mass is 9.90. The molecule has 0 heterocycles. The van der Waals surface area contributed by atoms with Gasteiger partial charge >= 0.3 is 0 Å². The predicted octanol–water partition coefficient (Wildman–Crippen LogP) is 1.11. The molecule has 14 heavy (non-hydrogen) atoms. The van der Waals surface area contributed by atoms with Gasteiger partial charge in [0.15, 0.2) is 0 Å². The van der Waals surface area contributed by atoms with Gasteiger partial charge in [-0.25, -0.2) is 0 Å². The fraction of sp³-hybridized carbons (Fsp3) is 0.400. The fourth-order valence-corrected chi connectivity index (χ4v) is 1.66. The average molecular weight is 260 g/mol. The largest absolute Gasteiger partial charge is 0.394 e. The summed E-state index contributed by atoms with van der Waals surface area (Å²) in [5, 5.41) is 18.3. The van der Waals surface area contributed by atoms with Crippen molar-refractivity contribution in [2.75, 3.05) is 6.61 Å². The Kier molecular flexibility index (Phi) is 3.66.